The molecule has 2 aromatic rings. The van der Waals surface area contributed by atoms with Crippen molar-refractivity contribution in [3.8, 4) is 5.75 Å². The van der Waals surface area contributed by atoms with Crippen LogP contribution in [0.2, 0.25) is 0 Å². The highest BCUT2D eigenvalue weighted by Gasteiger charge is 2.14. The molecule has 0 aromatic heterocycles. The van der Waals surface area contributed by atoms with Crippen LogP contribution in [-0.2, 0) is 6.42 Å². The summed E-state index contributed by atoms with van der Waals surface area (Å²) in [5, 5.41) is 2.66. The topological polar surface area (TPSA) is 12.5 Å². The quantitative estimate of drug-likeness (QED) is 0.655. The number of ether oxygens (including phenoxy) is 1. The summed E-state index contributed by atoms with van der Waals surface area (Å²) in [6, 6.07) is 13.0. The minimum absolute atomic E-state index is 0. The van der Waals surface area contributed by atoms with Gasteiger partial charge in [-0.05, 0) is 86.1 Å². The zero-order valence-corrected chi connectivity index (χ0v) is 15.8. The lowest BCUT2D eigenvalue weighted by Crippen LogP contribution is -2.33. The van der Waals surface area contributed by atoms with Crippen molar-refractivity contribution in [2.45, 2.75) is 39.0 Å². The van der Waals surface area contributed by atoms with Crippen LogP contribution in [0.25, 0.3) is 10.8 Å². The Morgan fingerprint density at radius 1 is 1.08 bits per heavy atom. The van der Waals surface area contributed by atoms with Crippen molar-refractivity contribution in [2.75, 3.05) is 26.7 Å². The summed E-state index contributed by atoms with van der Waals surface area (Å²) in [7, 11) is 1.73. The highest BCUT2D eigenvalue weighted by molar-refractivity contribution is 5.87. The van der Waals surface area contributed by atoms with Crippen molar-refractivity contribution in [2.24, 2.45) is 5.92 Å². The van der Waals surface area contributed by atoms with Gasteiger partial charge in [0.05, 0.1) is 7.11 Å². The van der Waals surface area contributed by atoms with Gasteiger partial charge in [0, 0.05) is 0 Å². The summed E-state index contributed by atoms with van der Waals surface area (Å²) < 4.78 is 5.33. The summed E-state index contributed by atoms with van der Waals surface area (Å²) in [5.41, 5.74) is 1.47. The van der Waals surface area contributed by atoms with E-state index in [1.54, 1.807) is 7.11 Å². The van der Waals surface area contributed by atoms with Crippen LogP contribution >= 0.6 is 12.4 Å². The first-order chi connectivity index (χ1) is 11.3. The molecule has 1 fully saturated rings. The normalized spacial score (nSPS) is 16.1. The number of aryl methyl sites for hydroxylation is 1. The van der Waals surface area contributed by atoms with Gasteiger partial charge in [-0.1, -0.05) is 31.2 Å². The van der Waals surface area contributed by atoms with E-state index in [1.807, 2.05) is 0 Å². The number of piperidine rings is 1. The average Bonchev–Trinajstić information content (AvgIpc) is 2.59. The van der Waals surface area contributed by atoms with Crippen molar-refractivity contribution >= 4 is 23.2 Å². The molecule has 2 nitrogen and oxygen atoms in total. The van der Waals surface area contributed by atoms with E-state index >= 15 is 0 Å². The van der Waals surface area contributed by atoms with Gasteiger partial charge in [0.15, 0.2) is 0 Å². The number of methoxy groups -OCH3 is 1. The molecule has 3 rings (SSSR count). The Kier molecular flexibility index (Phi) is 7.39. The Morgan fingerprint density at radius 2 is 1.88 bits per heavy atom. The van der Waals surface area contributed by atoms with Crippen molar-refractivity contribution in [3.05, 3.63) is 42.0 Å². The molecule has 0 radical (unpaired) electrons. The van der Waals surface area contributed by atoms with Gasteiger partial charge in [0.1, 0.15) is 5.75 Å². The molecule has 3 heteroatoms. The number of hydrogen-bond donors (Lipinski definition) is 0. The summed E-state index contributed by atoms with van der Waals surface area (Å²) in [6.07, 6.45) is 6.52. The maximum absolute atomic E-state index is 5.33. The predicted molar refractivity (Wildman–Crippen MR) is 106 cm³/mol. The average molecular weight is 348 g/mol. The van der Waals surface area contributed by atoms with E-state index < -0.39 is 0 Å². The zero-order valence-electron chi connectivity index (χ0n) is 15.0. The van der Waals surface area contributed by atoms with E-state index in [1.165, 1.54) is 68.1 Å². The molecule has 0 unspecified atom stereocenters. The molecular formula is C21H30ClNO. The third-order valence-electron chi connectivity index (χ3n) is 5.22. The minimum Gasteiger partial charge on any atom is -0.497 e. The van der Waals surface area contributed by atoms with E-state index in [2.05, 4.69) is 48.2 Å². The van der Waals surface area contributed by atoms with Crippen LogP contribution in [0.1, 0.15) is 38.2 Å². The summed E-state index contributed by atoms with van der Waals surface area (Å²) in [5.74, 6) is 1.87. The molecule has 1 saturated heterocycles. The lowest BCUT2D eigenvalue weighted by atomic mass is 9.98. The lowest BCUT2D eigenvalue weighted by Gasteiger charge is -2.30. The van der Waals surface area contributed by atoms with E-state index in [0.29, 0.717) is 0 Å². The molecule has 0 spiro atoms. The number of rotatable bonds is 6. The third kappa shape index (κ3) is 4.87. The molecule has 0 bridgehead atoms. The van der Waals surface area contributed by atoms with Gasteiger partial charge in [-0.15, -0.1) is 12.4 Å². The molecule has 0 amide bonds. The Bertz CT molecular complexity index is 635. The number of unbranched alkanes of at least 4 members (excludes halogenated alkanes) is 1. The van der Waals surface area contributed by atoms with E-state index in [0.717, 1.165) is 11.7 Å². The van der Waals surface area contributed by atoms with Crippen LogP contribution in [-0.4, -0.2) is 31.6 Å². The van der Waals surface area contributed by atoms with Gasteiger partial charge in [0.25, 0.3) is 0 Å². The fourth-order valence-corrected chi connectivity index (χ4v) is 3.61. The summed E-state index contributed by atoms with van der Waals surface area (Å²) in [4.78, 5) is 2.65. The van der Waals surface area contributed by atoms with Crippen LogP contribution in [0, 0.1) is 5.92 Å². The summed E-state index contributed by atoms with van der Waals surface area (Å²) >= 11 is 0. The first-order valence-corrected chi connectivity index (χ1v) is 9.04. The first kappa shape index (κ1) is 19.1. The highest BCUT2D eigenvalue weighted by Crippen LogP contribution is 2.25. The molecule has 0 atom stereocenters. The molecule has 0 N–H and O–H groups in total. The maximum atomic E-state index is 5.33. The van der Waals surface area contributed by atoms with Gasteiger partial charge in [-0.25, -0.2) is 0 Å². The number of fused-ring (bicyclic) bond motifs is 1. The van der Waals surface area contributed by atoms with Crippen LogP contribution < -0.4 is 4.74 Å². The number of benzene rings is 2. The smallest absolute Gasteiger partial charge is 0.119 e. The largest absolute Gasteiger partial charge is 0.497 e. The standard InChI is InChI=1S/C21H29NO.ClH/c1-17-11-14-22(15-12-17)13-4-3-6-18-7-5-8-19-16-20(23-2)9-10-21(18)19;/h5,7-10,16-17H,3-4,6,11-15H2,1-2H3;1H. The number of likely N-dealkylation sites (tertiary alicyclic amines) is 1. The van der Waals surface area contributed by atoms with Gasteiger partial charge >= 0.3 is 0 Å². The second kappa shape index (κ2) is 9.29. The molecule has 132 valence electrons. The Hall–Kier alpha value is -1.25. The predicted octanol–water partition coefficient (Wildman–Crippen LogP) is 5.32. The van der Waals surface area contributed by atoms with Gasteiger partial charge in [-0.3, -0.25) is 0 Å². The van der Waals surface area contributed by atoms with Gasteiger partial charge < -0.3 is 9.64 Å². The van der Waals surface area contributed by atoms with Crippen molar-refractivity contribution in [1.82, 2.24) is 4.90 Å². The number of halogens is 1. The Balaban J connectivity index is 0.00000208. The van der Waals surface area contributed by atoms with Gasteiger partial charge in [0.2, 0.25) is 0 Å². The molecule has 24 heavy (non-hydrogen) atoms. The van der Waals surface area contributed by atoms with Crippen LogP contribution in [0.3, 0.4) is 0 Å². The monoisotopic (exact) mass is 347 g/mol. The van der Waals surface area contributed by atoms with E-state index in [9.17, 15) is 0 Å². The van der Waals surface area contributed by atoms with Crippen molar-refractivity contribution in [1.29, 1.82) is 0 Å². The molecule has 1 aliphatic rings. The molecular weight excluding hydrogens is 318 g/mol. The third-order valence-corrected chi connectivity index (χ3v) is 5.22. The molecule has 0 saturated carbocycles. The van der Waals surface area contributed by atoms with Crippen LogP contribution in [0.5, 0.6) is 5.75 Å². The Morgan fingerprint density at radius 3 is 2.62 bits per heavy atom. The SMILES string of the molecule is COc1ccc2c(CCCCN3CCC(C)CC3)cccc2c1.Cl. The first-order valence-electron chi connectivity index (χ1n) is 9.04. The minimum atomic E-state index is 0. The van der Waals surface area contributed by atoms with E-state index in [4.69, 9.17) is 4.74 Å². The van der Waals surface area contributed by atoms with Crippen LogP contribution in [0.15, 0.2) is 36.4 Å². The highest BCUT2D eigenvalue weighted by atomic mass is 35.5. The maximum Gasteiger partial charge on any atom is 0.119 e. The van der Waals surface area contributed by atoms with E-state index in [-0.39, 0.29) is 12.4 Å². The zero-order chi connectivity index (χ0) is 16.1. The molecule has 1 aliphatic heterocycles. The number of nitrogens with zero attached hydrogens (tertiary/aromatic N) is 1. The van der Waals surface area contributed by atoms with Crippen molar-refractivity contribution in [3.63, 3.8) is 0 Å². The molecule has 1 heterocycles. The lowest BCUT2D eigenvalue weighted by molar-refractivity contribution is 0.189. The molecule has 0 aliphatic carbocycles. The molecule has 2 aromatic carbocycles. The Labute approximate surface area is 152 Å². The fraction of sp³-hybridized carbons (Fsp3) is 0.524. The summed E-state index contributed by atoms with van der Waals surface area (Å²) in [6.45, 7) is 6.25. The van der Waals surface area contributed by atoms with Gasteiger partial charge in [-0.2, -0.15) is 0 Å². The number of hydrogen-bond acceptors (Lipinski definition) is 2. The second-order valence-electron chi connectivity index (χ2n) is 6.99. The fourth-order valence-electron chi connectivity index (χ4n) is 3.61. The second-order valence-corrected chi connectivity index (χ2v) is 6.99. The van der Waals surface area contributed by atoms with Crippen molar-refractivity contribution < 1.29 is 4.74 Å². The van der Waals surface area contributed by atoms with Crippen LogP contribution in [0.4, 0.5) is 0 Å².